The van der Waals surface area contributed by atoms with E-state index in [0.717, 1.165) is 5.56 Å². The van der Waals surface area contributed by atoms with Crippen molar-refractivity contribution in [2.45, 2.75) is 25.2 Å². The van der Waals surface area contributed by atoms with E-state index in [0.29, 0.717) is 25.9 Å². The molecule has 0 bridgehead atoms. The smallest absolute Gasteiger partial charge is 0.209 e. The molecule has 1 aliphatic heterocycles. The van der Waals surface area contributed by atoms with Crippen molar-refractivity contribution < 1.29 is 13.6 Å². The molecular formula is C13H16F2N2O. The van der Waals surface area contributed by atoms with Gasteiger partial charge in [-0.1, -0.05) is 12.1 Å². The zero-order chi connectivity index (χ0) is 13.0. The number of halogens is 2. The number of hydrogen-bond donors (Lipinski definition) is 1. The number of carbonyl (C=O) groups is 1. The quantitative estimate of drug-likeness (QED) is 0.826. The van der Waals surface area contributed by atoms with Crippen LogP contribution in [-0.2, 0) is 11.3 Å². The van der Waals surface area contributed by atoms with E-state index in [1.807, 2.05) is 0 Å². The van der Waals surface area contributed by atoms with Crippen LogP contribution >= 0.6 is 0 Å². The molecule has 1 aliphatic rings. The monoisotopic (exact) mass is 254 g/mol. The Hall–Kier alpha value is -1.49. The van der Waals surface area contributed by atoms with Crippen molar-refractivity contribution >= 4 is 6.41 Å². The van der Waals surface area contributed by atoms with Crippen molar-refractivity contribution in [3.05, 3.63) is 35.6 Å². The van der Waals surface area contributed by atoms with Gasteiger partial charge in [-0.2, -0.15) is 0 Å². The molecule has 0 spiro atoms. The lowest BCUT2D eigenvalue weighted by molar-refractivity contribution is -0.120. The first-order chi connectivity index (χ1) is 8.69. The Bertz CT molecular complexity index is 396. The van der Waals surface area contributed by atoms with Crippen LogP contribution in [0.15, 0.2) is 24.3 Å². The Morgan fingerprint density at radius 3 is 2.72 bits per heavy atom. The second kappa shape index (κ2) is 5.91. The fourth-order valence-corrected chi connectivity index (χ4v) is 2.11. The molecule has 5 heteroatoms. The lowest BCUT2D eigenvalue weighted by Gasteiger charge is -2.33. The van der Waals surface area contributed by atoms with Gasteiger partial charge in [0.1, 0.15) is 12.0 Å². The minimum Gasteiger partial charge on any atom is -0.342 e. The molecule has 98 valence electrons. The molecule has 1 saturated heterocycles. The number of nitrogens with one attached hydrogen (secondary N) is 1. The van der Waals surface area contributed by atoms with Gasteiger partial charge in [-0.05, 0) is 24.1 Å². The second-order valence-electron chi connectivity index (χ2n) is 4.52. The highest BCUT2D eigenvalue weighted by atomic mass is 19.1. The van der Waals surface area contributed by atoms with Crippen LogP contribution in [0.25, 0.3) is 0 Å². The van der Waals surface area contributed by atoms with Crippen LogP contribution in [0.1, 0.15) is 12.0 Å². The zero-order valence-corrected chi connectivity index (χ0v) is 9.98. The molecular weight excluding hydrogens is 238 g/mol. The number of hydrogen-bond acceptors (Lipinski definition) is 2. The lowest BCUT2D eigenvalue weighted by Crippen LogP contribution is -2.50. The number of benzene rings is 1. The summed E-state index contributed by atoms with van der Waals surface area (Å²) in [7, 11) is 0. The maximum Gasteiger partial charge on any atom is 0.209 e. The highest BCUT2D eigenvalue weighted by Gasteiger charge is 2.27. The largest absolute Gasteiger partial charge is 0.342 e. The van der Waals surface area contributed by atoms with E-state index in [1.54, 1.807) is 12.1 Å². The Labute approximate surface area is 105 Å². The van der Waals surface area contributed by atoms with E-state index in [2.05, 4.69) is 5.32 Å². The normalized spacial score (nSPS) is 24.0. The summed E-state index contributed by atoms with van der Waals surface area (Å²) in [6.07, 6.45) is 0.230. The minimum absolute atomic E-state index is 0.143. The Kier molecular flexibility index (Phi) is 4.25. The molecule has 1 fully saturated rings. The molecule has 18 heavy (non-hydrogen) atoms. The molecule has 0 unspecified atom stereocenters. The van der Waals surface area contributed by atoms with E-state index < -0.39 is 6.17 Å². The number of carbonyl (C=O) groups excluding carboxylic acids is 1. The van der Waals surface area contributed by atoms with Crippen LogP contribution in [0.5, 0.6) is 0 Å². The van der Waals surface area contributed by atoms with Crippen LogP contribution in [0.4, 0.5) is 8.78 Å². The zero-order valence-electron chi connectivity index (χ0n) is 9.98. The lowest BCUT2D eigenvalue weighted by atomic mass is 10.0. The Morgan fingerprint density at radius 2 is 2.11 bits per heavy atom. The van der Waals surface area contributed by atoms with Gasteiger partial charge in [-0.25, -0.2) is 8.78 Å². The minimum atomic E-state index is -1.05. The topological polar surface area (TPSA) is 32.3 Å². The maximum atomic E-state index is 13.7. The number of alkyl halides is 1. The third kappa shape index (κ3) is 3.26. The van der Waals surface area contributed by atoms with E-state index in [1.165, 1.54) is 17.0 Å². The van der Waals surface area contributed by atoms with Gasteiger partial charge in [0.05, 0.1) is 6.54 Å². The Morgan fingerprint density at radius 1 is 1.39 bits per heavy atom. The maximum absolute atomic E-state index is 13.7. The number of likely N-dealkylation sites (tertiary alicyclic amines) is 1. The van der Waals surface area contributed by atoms with Crippen molar-refractivity contribution in [3.8, 4) is 0 Å². The van der Waals surface area contributed by atoms with Crippen LogP contribution < -0.4 is 5.32 Å². The summed E-state index contributed by atoms with van der Waals surface area (Å²) in [5.41, 5.74) is 0.918. The molecule has 1 aromatic rings. The first-order valence-corrected chi connectivity index (χ1v) is 6.00. The third-order valence-electron chi connectivity index (χ3n) is 3.20. The standard InChI is InChI=1S/C13H16F2N2O/c14-11-3-1-10(2-4-11)7-16-13-5-6-17(9-18)8-12(13)15/h1-4,9,12-13,16H,5-8H2/t12-,13+/m0/s1. The summed E-state index contributed by atoms with van der Waals surface area (Å²) in [4.78, 5) is 12.0. The third-order valence-corrected chi connectivity index (χ3v) is 3.20. The Balaban J connectivity index is 1.83. The molecule has 1 aromatic carbocycles. The molecule has 0 aliphatic carbocycles. The summed E-state index contributed by atoms with van der Waals surface area (Å²) >= 11 is 0. The molecule has 2 atom stereocenters. The highest BCUT2D eigenvalue weighted by molar-refractivity contribution is 5.47. The van der Waals surface area contributed by atoms with E-state index in [4.69, 9.17) is 0 Å². The van der Waals surface area contributed by atoms with Crippen LogP contribution in [-0.4, -0.2) is 36.6 Å². The molecule has 0 saturated carbocycles. The van der Waals surface area contributed by atoms with Crippen LogP contribution in [0, 0.1) is 5.82 Å². The molecule has 0 radical (unpaired) electrons. The second-order valence-corrected chi connectivity index (χ2v) is 4.52. The van der Waals surface area contributed by atoms with Gasteiger partial charge in [0.2, 0.25) is 6.41 Å². The van der Waals surface area contributed by atoms with Gasteiger partial charge < -0.3 is 10.2 Å². The van der Waals surface area contributed by atoms with Gasteiger partial charge in [0.25, 0.3) is 0 Å². The summed E-state index contributed by atoms with van der Waals surface area (Å²) in [6, 6.07) is 5.88. The number of nitrogens with zero attached hydrogens (tertiary/aromatic N) is 1. The average molecular weight is 254 g/mol. The summed E-state index contributed by atoms with van der Waals surface area (Å²) in [6.45, 7) is 1.22. The molecule has 1 amide bonds. The van der Waals surface area contributed by atoms with Crippen molar-refractivity contribution in [2.24, 2.45) is 0 Å². The first-order valence-electron chi connectivity index (χ1n) is 6.00. The predicted molar refractivity (Wildman–Crippen MR) is 64.2 cm³/mol. The first kappa shape index (κ1) is 13.0. The SMILES string of the molecule is O=CN1CC[C@@H](NCc2ccc(F)cc2)[C@@H](F)C1. The van der Waals surface area contributed by atoms with Gasteiger partial charge in [-0.3, -0.25) is 4.79 Å². The van der Waals surface area contributed by atoms with Crippen molar-refractivity contribution in [1.82, 2.24) is 10.2 Å². The highest BCUT2D eigenvalue weighted by Crippen LogP contribution is 2.13. The molecule has 2 rings (SSSR count). The van der Waals surface area contributed by atoms with Crippen LogP contribution in [0.3, 0.4) is 0 Å². The summed E-state index contributed by atoms with van der Waals surface area (Å²) in [5, 5.41) is 3.11. The van der Waals surface area contributed by atoms with E-state index in [-0.39, 0.29) is 18.4 Å². The predicted octanol–water partition coefficient (Wildman–Crippen LogP) is 1.48. The van der Waals surface area contributed by atoms with E-state index in [9.17, 15) is 13.6 Å². The van der Waals surface area contributed by atoms with Gasteiger partial charge in [0.15, 0.2) is 0 Å². The van der Waals surface area contributed by atoms with Crippen molar-refractivity contribution in [3.63, 3.8) is 0 Å². The fraction of sp³-hybridized carbons (Fsp3) is 0.462. The number of piperidine rings is 1. The summed E-state index contributed by atoms with van der Waals surface area (Å²) in [5.74, 6) is -0.276. The van der Waals surface area contributed by atoms with E-state index >= 15 is 0 Å². The number of amides is 1. The number of rotatable bonds is 4. The molecule has 1 heterocycles. The van der Waals surface area contributed by atoms with Gasteiger partial charge >= 0.3 is 0 Å². The van der Waals surface area contributed by atoms with Crippen molar-refractivity contribution in [1.29, 1.82) is 0 Å². The van der Waals surface area contributed by atoms with Gasteiger partial charge in [-0.15, -0.1) is 0 Å². The van der Waals surface area contributed by atoms with Crippen LogP contribution in [0.2, 0.25) is 0 Å². The molecule has 3 nitrogen and oxygen atoms in total. The fourth-order valence-electron chi connectivity index (χ4n) is 2.11. The van der Waals surface area contributed by atoms with Gasteiger partial charge in [0, 0.05) is 19.1 Å². The molecule has 0 aromatic heterocycles. The van der Waals surface area contributed by atoms with Crippen molar-refractivity contribution in [2.75, 3.05) is 13.1 Å². The molecule has 1 N–H and O–H groups in total. The average Bonchev–Trinajstić information content (AvgIpc) is 2.39. The summed E-state index contributed by atoms with van der Waals surface area (Å²) < 4.78 is 26.4.